The molecule has 0 atom stereocenters. The van der Waals surface area contributed by atoms with Gasteiger partial charge >= 0.3 is 0 Å². The number of nitrogens with zero attached hydrogens (tertiary/aromatic N) is 2. The standard InChI is InChI=1S/C13H15ClN2S/c1-10-4-3-5-12(6-10)16(2)8-13-15-11(7-14)9-17-13/h3-6,9H,7-8H2,1-2H3. The molecule has 1 heterocycles. The molecule has 0 spiro atoms. The van der Waals surface area contributed by atoms with Crippen LogP contribution in [-0.4, -0.2) is 12.0 Å². The van der Waals surface area contributed by atoms with Crippen molar-refractivity contribution in [3.05, 3.63) is 45.9 Å². The van der Waals surface area contributed by atoms with Gasteiger partial charge in [-0.05, 0) is 24.6 Å². The second-order valence-corrected chi connectivity index (χ2v) is 5.27. The third kappa shape index (κ3) is 3.20. The van der Waals surface area contributed by atoms with Crippen molar-refractivity contribution in [1.29, 1.82) is 0 Å². The van der Waals surface area contributed by atoms with Gasteiger partial charge in [0.05, 0.1) is 18.1 Å². The topological polar surface area (TPSA) is 16.1 Å². The van der Waals surface area contributed by atoms with Crippen LogP contribution in [0, 0.1) is 6.92 Å². The lowest BCUT2D eigenvalue weighted by Crippen LogP contribution is -2.16. The summed E-state index contributed by atoms with van der Waals surface area (Å²) in [6, 6.07) is 8.47. The predicted molar refractivity (Wildman–Crippen MR) is 75.0 cm³/mol. The minimum absolute atomic E-state index is 0.491. The Bertz CT molecular complexity index is 496. The fourth-order valence-corrected chi connectivity index (χ4v) is 2.72. The summed E-state index contributed by atoms with van der Waals surface area (Å²) in [5.41, 5.74) is 3.45. The summed E-state index contributed by atoms with van der Waals surface area (Å²) in [6.45, 7) is 2.93. The number of hydrogen-bond donors (Lipinski definition) is 0. The molecule has 2 aromatic rings. The van der Waals surface area contributed by atoms with Gasteiger partial charge in [-0.3, -0.25) is 0 Å². The summed E-state index contributed by atoms with van der Waals surface area (Å²) in [6.07, 6.45) is 0. The molecule has 0 aliphatic rings. The molecule has 2 nitrogen and oxygen atoms in total. The summed E-state index contributed by atoms with van der Waals surface area (Å²) >= 11 is 7.41. The molecule has 0 aliphatic heterocycles. The first-order valence-corrected chi connectivity index (χ1v) is 6.87. The SMILES string of the molecule is Cc1cccc(N(C)Cc2nc(CCl)cs2)c1. The first-order chi connectivity index (χ1) is 8.19. The minimum atomic E-state index is 0.491. The number of alkyl halides is 1. The Hall–Kier alpha value is -1.06. The molecular formula is C13H15ClN2S. The van der Waals surface area contributed by atoms with E-state index in [0.29, 0.717) is 5.88 Å². The van der Waals surface area contributed by atoms with E-state index >= 15 is 0 Å². The van der Waals surface area contributed by atoms with Gasteiger partial charge in [-0.25, -0.2) is 4.98 Å². The Balaban J connectivity index is 2.08. The van der Waals surface area contributed by atoms with Crippen molar-refractivity contribution in [3.63, 3.8) is 0 Å². The van der Waals surface area contributed by atoms with E-state index in [1.165, 1.54) is 11.3 Å². The van der Waals surface area contributed by atoms with E-state index in [0.717, 1.165) is 17.2 Å². The van der Waals surface area contributed by atoms with Crippen LogP contribution in [0.1, 0.15) is 16.3 Å². The minimum Gasteiger partial charge on any atom is -0.368 e. The van der Waals surface area contributed by atoms with Gasteiger partial charge in [0.15, 0.2) is 0 Å². The molecule has 17 heavy (non-hydrogen) atoms. The van der Waals surface area contributed by atoms with E-state index in [1.54, 1.807) is 11.3 Å². The zero-order valence-corrected chi connectivity index (χ0v) is 11.6. The number of halogens is 1. The lowest BCUT2D eigenvalue weighted by atomic mass is 10.2. The Morgan fingerprint density at radius 1 is 1.41 bits per heavy atom. The van der Waals surface area contributed by atoms with Crippen LogP contribution in [0.4, 0.5) is 5.69 Å². The molecule has 0 N–H and O–H groups in total. The van der Waals surface area contributed by atoms with Crippen molar-refractivity contribution in [1.82, 2.24) is 4.98 Å². The second kappa shape index (κ2) is 5.52. The van der Waals surface area contributed by atoms with Gasteiger partial charge in [-0.2, -0.15) is 0 Å². The van der Waals surface area contributed by atoms with E-state index in [-0.39, 0.29) is 0 Å². The first-order valence-electron chi connectivity index (χ1n) is 5.46. The Morgan fingerprint density at radius 2 is 2.24 bits per heavy atom. The highest BCUT2D eigenvalue weighted by Gasteiger charge is 2.06. The van der Waals surface area contributed by atoms with Crippen LogP contribution in [0.25, 0.3) is 0 Å². The molecule has 90 valence electrons. The molecule has 0 saturated heterocycles. The third-order valence-electron chi connectivity index (χ3n) is 2.55. The van der Waals surface area contributed by atoms with Gasteiger partial charge in [0.1, 0.15) is 5.01 Å². The van der Waals surface area contributed by atoms with Crippen molar-refractivity contribution in [2.24, 2.45) is 0 Å². The van der Waals surface area contributed by atoms with Crippen LogP contribution in [0.3, 0.4) is 0 Å². The van der Waals surface area contributed by atoms with E-state index in [2.05, 4.69) is 48.1 Å². The fourth-order valence-electron chi connectivity index (χ4n) is 1.64. The van der Waals surface area contributed by atoms with Crippen molar-refractivity contribution < 1.29 is 0 Å². The lowest BCUT2D eigenvalue weighted by Gasteiger charge is -2.18. The Kier molecular flexibility index (Phi) is 4.02. The maximum absolute atomic E-state index is 5.75. The van der Waals surface area contributed by atoms with Gasteiger partial charge in [0.2, 0.25) is 0 Å². The number of aryl methyl sites for hydroxylation is 1. The molecular weight excluding hydrogens is 252 g/mol. The zero-order valence-electron chi connectivity index (χ0n) is 9.98. The van der Waals surface area contributed by atoms with Gasteiger partial charge in [-0.1, -0.05) is 12.1 Å². The van der Waals surface area contributed by atoms with Crippen LogP contribution in [0.15, 0.2) is 29.6 Å². The number of thiazole rings is 1. The number of anilines is 1. The highest BCUT2D eigenvalue weighted by Crippen LogP contribution is 2.19. The van der Waals surface area contributed by atoms with Gasteiger partial charge in [0, 0.05) is 18.1 Å². The van der Waals surface area contributed by atoms with Crippen molar-refractivity contribution >= 4 is 28.6 Å². The maximum Gasteiger partial charge on any atom is 0.112 e. The van der Waals surface area contributed by atoms with E-state index < -0.39 is 0 Å². The maximum atomic E-state index is 5.75. The van der Waals surface area contributed by atoms with Gasteiger partial charge in [0.25, 0.3) is 0 Å². The lowest BCUT2D eigenvalue weighted by molar-refractivity contribution is 0.903. The summed E-state index contributed by atoms with van der Waals surface area (Å²) in [5, 5.41) is 3.12. The molecule has 0 bridgehead atoms. The molecule has 2 rings (SSSR count). The largest absolute Gasteiger partial charge is 0.368 e. The van der Waals surface area contributed by atoms with Crippen LogP contribution in [0.2, 0.25) is 0 Å². The molecule has 0 radical (unpaired) electrons. The Labute approximate surface area is 111 Å². The summed E-state index contributed by atoms with van der Waals surface area (Å²) in [7, 11) is 2.08. The van der Waals surface area contributed by atoms with E-state index in [1.807, 2.05) is 5.38 Å². The monoisotopic (exact) mass is 266 g/mol. The molecule has 0 unspecified atom stereocenters. The molecule has 0 fully saturated rings. The van der Waals surface area contributed by atoms with Crippen LogP contribution >= 0.6 is 22.9 Å². The quantitative estimate of drug-likeness (QED) is 0.782. The first kappa shape index (κ1) is 12.4. The summed E-state index contributed by atoms with van der Waals surface area (Å²) in [4.78, 5) is 6.66. The highest BCUT2D eigenvalue weighted by molar-refractivity contribution is 7.09. The molecule has 1 aromatic heterocycles. The average Bonchev–Trinajstić information content (AvgIpc) is 2.77. The number of aromatic nitrogens is 1. The fraction of sp³-hybridized carbons (Fsp3) is 0.308. The van der Waals surface area contributed by atoms with Crippen LogP contribution in [-0.2, 0) is 12.4 Å². The smallest absolute Gasteiger partial charge is 0.112 e. The molecule has 0 aliphatic carbocycles. The summed E-state index contributed by atoms with van der Waals surface area (Å²) in [5.74, 6) is 0.491. The zero-order chi connectivity index (χ0) is 12.3. The number of hydrogen-bond acceptors (Lipinski definition) is 3. The van der Waals surface area contributed by atoms with Crippen molar-refractivity contribution in [2.45, 2.75) is 19.3 Å². The number of rotatable bonds is 4. The molecule has 1 aromatic carbocycles. The van der Waals surface area contributed by atoms with Gasteiger partial charge < -0.3 is 4.90 Å². The van der Waals surface area contributed by atoms with Crippen LogP contribution < -0.4 is 4.90 Å². The van der Waals surface area contributed by atoms with Crippen molar-refractivity contribution in [2.75, 3.05) is 11.9 Å². The van der Waals surface area contributed by atoms with Gasteiger partial charge in [-0.15, -0.1) is 22.9 Å². The van der Waals surface area contributed by atoms with E-state index in [4.69, 9.17) is 11.6 Å². The number of benzene rings is 1. The van der Waals surface area contributed by atoms with Crippen LogP contribution in [0.5, 0.6) is 0 Å². The molecule has 0 amide bonds. The normalized spacial score (nSPS) is 10.5. The Morgan fingerprint density at radius 3 is 2.88 bits per heavy atom. The molecule has 0 saturated carbocycles. The average molecular weight is 267 g/mol. The molecule has 4 heteroatoms. The predicted octanol–water partition coefficient (Wildman–Crippen LogP) is 3.83. The third-order valence-corrected chi connectivity index (χ3v) is 3.71. The van der Waals surface area contributed by atoms with E-state index in [9.17, 15) is 0 Å². The highest BCUT2D eigenvalue weighted by atomic mass is 35.5. The summed E-state index contributed by atoms with van der Waals surface area (Å²) < 4.78 is 0. The van der Waals surface area contributed by atoms with Crippen molar-refractivity contribution in [3.8, 4) is 0 Å². The second-order valence-electron chi connectivity index (χ2n) is 4.06.